The van der Waals surface area contributed by atoms with Crippen molar-refractivity contribution in [2.24, 2.45) is 0 Å². The fraction of sp³-hybridized carbons (Fsp3) is 0. The first-order valence-electron chi connectivity index (χ1n) is 19.6. The van der Waals surface area contributed by atoms with Gasteiger partial charge in [-0.1, -0.05) is 152 Å². The van der Waals surface area contributed by atoms with Gasteiger partial charge < -0.3 is 18.2 Å². The van der Waals surface area contributed by atoms with Crippen LogP contribution in [-0.2, 0) is 0 Å². The van der Waals surface area contributed by atoms with Gasteiger partial charge in [-0.2, -0.15) is 0 Å². The molecule has 3 heterocycles. The van der Waals surface area contributed by atoms with E-state index >= 15 is 0 Å². The maximum absolute atomic E-state index is 7.19. The monoisotopic (exact) mass is 743 g/mol. The summed E-state index contributed by atoms with van der Waals surface area (Å²) in [6, 6.07) is 70.0. The third-order valence-electron chi connectivity index (χ3n) is 11.5. The molecule has 12 rings (SSSR count). The molecule has 3 aromatic heterocycles. The number of rotatable bonds is 6. The van der Waals surface area contributed by atoms with Gasteiger partial charge >= 0.3 is 0 Å². The Balaban J connectivity index is 1.07. The highest BCUT2D eigenvalue weighted by Crippen LogP contribution is 2.48. The molecule has 0 atom stereocenters. The quantitative estimate of drug-likeness (QED) is 0.170. The number of benzene rings is 9. The molecule has 9 aromatic carbocycles. The number of nitrogens with zero attached hydrogens (tertiary/aromatic N) is 1. The zero-order chi connectivity index (χ0) is 38.2. The lowest BCUT2D eigenvalue weighted by molar-refractivity contribution is 0.665. The largest absolute Gasteiger partial charge is 0.456 e. The van der Waals surface area contributed by atoms with E-state index in [1.807, 2.05) is 30.3 Å². The van der Waals surface area contributed by atoms with E-state index in [-0.39, 0.29) is 0 Å². The highest BCUT2D eigenvalue weighted by molar-refractivity contribution is 6.24. The average molecular weight is 744 g/mol. The van der Waals surface area contributed by atoms with Crippen molar-refractivity contribution in [3.8, 4) is 33.4 Å². The molecule has 12 aromatic rings. The van der Waals surface area contributed by atoms with Gasteiger partial charge in [0.25, 0.3) is 0 Å². The van der Waals surface area contributed by atoms with Crippen LogP contribution in [0.25, 0.3) is 99.2 Å². The molecule has 0 spiro atoms. The minimum absolute atomic E-state index is 0.801. The number of anilines is 3. The van der Waals surface area contributed by atoms with Crippen molar-refractivity contribution in [1.82, 2.24) is 0 Å². The first kappa shape index (κ1) is 32.4. The van der Waals surface area contributed by atoms with Crippen molar-refractivity contribution in [2.45, 2.75) is 0 Å². The minimum atomic E-state index is 0.801. The van der Waals surface area contributed by atoms with Crippen LogP contribution in [0, 0.1) is 0 Å². The van der Waals surface area contributed by atoms with Gasteiger partial charge in [-0.3, -0.25) is 0 Å². The van der Waals surface area contributed by atoms with Crippen LogP contribution in [0.1, 0.15) is 0 Å². The maximum Gasteiger partial charge on any atom is 0.159 e. The Kier molecular flexibility index (Phi) is 7.20. The molecule has 0 fully saturated rings. The number of furan rings is 3. The topological polar surface area (TPSA) is 42.7 Å². The van der Waals surface area contributed by atoms with Crippen molar-refractivity contribution in [3.05, 3.63) is 200 Å². The average Bonchev–Trinajstić information content (AvgIpc) is 3.98. The van der Waals surface area contributed by atoms with Crippen molar-refractivity contribution in [1.29, 1.82) is 0 Å². The molecule has 0 N–H and O–H groups in total. The third kappa shape index (κ3) is 5.02. The van der Waals surface area contributed by atoms with Gasteiger partial charge in [-0.15, -0.1) is 0 Å². The Hall–Kier alpha value is -7.82. The predicted molar refractivity (Wildman–Crippen MR) is 239 cm³/mol. The van der Waals surface area contributed by atoms with Gasteiger partial charge in [0.15, 0.2) is 5.58 Å². The Morgan fingerprint density at radius 3 is 1.59 bits per heavy atom. The lowest BCUT2D eigenvalue weighted by Gasteiger charge is -2.26. The van der Waals surface area contributed by atoms with Crippen LogP contribution in [-0.4, -0.2) is 0 Å². The predicted octanol–water partition coefficient (Wildman–Crippen LogP) is 15.9. The van der Waals surface area contributed by atoms with E-state index in [9.17, 15) is 0 Å². The van der Waals surface area contributed by atoms with Crippen molar-refractivity contribution in [2.75, 3.05) is 4.90 Å². The first-order chi connectivity index (χ1) is 28.8. The summed E-state index contributed by atoms with van der Waals surface area (Å²) in [6.07, 6.45) is 0. The molecule has 0 unspecified atom stereocenters. The number of fused-ring (bicyclic) bond motifs is 9. The minimum Gasteiger partial charge on any atom is -0.456 e. The van der Waals surface area contributed by atoms with Gasteiger partial charge in [0, 0.05) is 54.8 Å². The maximum atomic E-state index is 7.19. The fourth-order valence-electron chi connectivity index (χ4n) is 8.80. The Morgan fingerprint density at radius 2 is 0.862 bits per heavy atom. The second-order valence-corrected chi connectivity index (χ2v) is 14.8. The first-order valence-corrected chi connectivity index (χ1v) is 19.6. The summed E-state index contributed by atoms with van der Waals surface area (Å²) in [5.74, 6) is 0. The van der Waals surface area contributed by atoms with Crippen LogP contribution in [0.4, 0.5) is 17.1 Å². The van der Waals surface area contributed by atoms with E-state index < -0.39 is 0 Å². The van der Waals surface area contributed by atoms with E-state index in [0.717, 1.165) is 111 Å². The molecule has 0 aliphatic heterocycles. The standard InChI is InChI=1S/C54H33NO3/c1-3-13-34(14-4-1)35-25-29-38(30-26-35)55(39-31-27-36(28-32-39)40-19-11-20-42-41-17-7-9-23-47(41)57-52(40)42)46-22-12-21-43-45-33-49-51(44-18-8-10-24-48(44)56-49)50(54(45)58-53(43)46)37-15-5-2-6-16-37/h1-33H. The van der Waals surface area contributed by atoms with Crippen molar-refractivity contribution < 1.29 is 13.3 Å². The molecule has 0 aliphatic rings. The van der Waals surface area contributed by atoms with Crippen LogP contribution >= 0.6 is 0 Å². The highest BCUT2D eigenvalue weighted by atomic mass is 16.3. The third-order valence-corrected chi connectivity index (χ3v) is 11.5. The molecular weight excluding hydrogens is 711 g/mol. The second-order valence-electron chi connectivity index (χ2n) is 14.8. The number of para-hydroxylation sites is 4. The summed E-state index contributed by atoms with van der Waals surface area (Å²) in [5, 5.41) is 6.39. The molecule has 0 saturated carbocycles. The van der Waals surface area contributed by atoms with E-state index in [1.54, 1.807) is 0 Å². The molecular formula is C54H33NO3. The summed E-state index contributed by atoms with van der Waals surface area (Å²) >= 11 is 0. The number of hydrogen-bond donors (Lipinski definition) is 0. The lowest BCUT2D eigenvalue weighted by Crippen LogP contribution is -2.10. The normalized spacial score (nSPS) is 11.8. The van der Waals surface area contributed by atoms with Crippen LogP contribution in [0.5, 0.6) is 0 Å². The fourth-order valence-corrected chi connectivity index (χ4v) is 8.80. The second kappa shape index (κ2) is 12.9. The van der Waals surface area contributed by atoms with Gasteiger partial charge in [-0.05, 0) is 70.8 Å². The summed E-state index contributed by atoms with van der Waals surface area (Å²) < 4.78 is 20.2. The van der Waals surface area contributed by atoms with Gasteiger partial charge in [0.2, 0.25) is 0 Å². The Bertz CT molecular complexity index is 3480. The molecule has 0 amide bonds. The Labute approximate surface area is 333 Å². The SMILES string of the molecule is c1ccc(-c2ccc(N(c3ccc(-c4cccc5c4oc4ccccc45)cc3)c3cccc4c3oc3c(-c5ccccc5)c5c(cc34)oc3ccccc35)cc2)cc1. The summed E-state index contributed by atoms with van der Waals surface area (Å²) in [5.41, 5.74) is 14.7. The molecule has 0 bridgehead atoms. The van der Waals surface area contributed by atoms with E-state index in [1.165, 1.54) is 5.56 Å². The van der Waals surface area contributed by atoms with E-state index in [2.05, 4.69) is 175 Å². The van der Waals surface area contributed by atoms with Crippen LogP contribution in [0.2, 0.25) is 0 Å². The molecule has 58 heavy (non-hydrogen) atoms. The molecule has 0 radical (unpaired) electrons. The van der Waals surface area contributed by atoms with Crippen LogP contribution < -0.4 is 4.90 Å². The zero-order valence-electron chi connectivity index (χ0n) is 31.2. The van der Waals surface area contributed by atoms with E-state index in [0.29, 0.717) is 0 Å². The summed E-state index contributed by atoms with van der Waals surface area (Å²) in [7, 11) is 0. The molecule has 0 saturated heterocycles. The molecule has 4 nitrogen and oxygen atoms in total. The van der Waals surface area contributed by atoms with Gasteiger partial charge in [-0.25, -0.2) is 0 Å². The lowest BCUT2D eigenvalue weighted by atomic mass is 9.96. The molecule has 0 aliphatic carbocycles. The Morgan fingerprint density at radius 1 is 0.310 bits per heavy atom. The van der Waals surface area contributed by atoms with Gasteiger partial charge in [0.05, 0.1) is 5.69 Å². The van der Waals surface area contributed by atoms with Gasteiger partial charge in [0.1, 0.15) is 27.9 Å². The van der Waals surface area contributed by atoms with Crippen LogP contribution in [0.15, 0.2) is 213 Å². The van der Waals surface area contributed by atoms with Crippen LogP contribution in [0.3, 0.4) is 0 Å². The van der Waals surface area contributed by atoms with Crippen molar-refractivity contribution >= 4 is 82.9 Å². The summed E-state index contributed by atoms with van der Waals surface area (Å²) in [4.78, 5) is 2.30. The summed E-state index contributed by atoms with van der Waals surface area (Å²) in [6.45, 7) is 0. The van der Waals surface area contributed by atoms with Crippen molar-refractivity contribution in [3.63, 3.8) is 0 Å². The molecule has 4 heteroatoms. The highest BCUT2D eigenvalue weighted by Gasteiger charge is 2.24. The smallest absolute Gasteiger partial charge is 0.159 e. The molecule has 272 valence electrons. The zero-order valence-corrected chi connectivity index (χ0v) is 31.2. The number of hydrogen-bond acceptors (Lipinski definition) is 4. The van der Waals surface area contributed by atoms with E-state index in [4.69, 9.17) is 13.3 Å².